The fraction of sp³-hybridized carbons (Fsp3) is 0.462. The van der Waals surface area contributed by atoms with E-state index in [0.29, 0.717) is 11.5 Å². The average Bonchev–Trinajstić information content (AvgIpc) is 2.57. The Labute approximate surface area is 105 Å². The summed E-state index contributed by atoms with van der Waals surface area (Å²) < 4.78 is 0. The number of nitrogens with one attached hydrogen (secondary N) is 1. The number of aliphatic carboxylic acids is 1. The van der Waals surface area contributed by atoms with Gasteiger partial charge in [0.25, 0.3) is 0 Å². The van der Waals surface area contributed by atoms with Crippen LogP contribution in [0.2, 0.25) is 0 Å². The van der Waals surface area contributed by atoms with Gasteiger partial charge in [-0.25, -0.2) is 9.97 Å². The summed E-state index contributed by atoms with van der Waals surface area (Å²) in [6.07, 6.45) is 1.69. The number of hydrogen-bond donors (Lipinski definition) is 2. The molecule has 0 saturated carbocycles. The van der Waals surface area contributed by atoms with Gasteiger partial charge in [0, 0.05) is 17.0 Å². The van der Waals surface area contributed by atoms with Crippen molar-refractivity contribution in [3.8, 4) is 0 Å². The molecule has 0 unspecified atom stereocenters. The van der Waals surface area contributed by atoms with Crippen molar-refractivity contribution in [1.82, 2.24) is 15.0 Å². The van der Waals surface area contributed by atoms with E-state index in [0.717, 1.165) is 16.6 Å². The zero-order valence-corrected chi connectivity index (χ0v) is 11.0. The summed E-state index contributed by atoms with van der Waals surface area (Å²) in [5.74, 6) is -0.160. The lowest BCUT2D eigenvalue weighted by Gasteiger charge is -2.19. The van der Waals surface area contributed by atoms with Crippen molar-refractivity contribution in [2.45, 2.75) is 39.5 Å². The fourth-order valence-electron chi connectivity index (χ4n) is 2.05. The molecule has 2 aromatic rings. The number of carboxylic acids is 1. The van der Waals surface area contributed by atoms with Crippen LogP contribution in [0.25, 0.3) is 11.0 Å². The Morgan fingerprint density at radius 2 is 2.06 bits per heavy atom. The van der Waals surface area contributed by atoms with Crippen LogP contribution in [0.5, 0.6) is 0 Å². The Balaban J connectivity index is 2.74. The Morgan fingerprint density at radius 1 is 1.39 bits per heavy atom. The molecule has 0 aliphatic heterocycles. The number of aryl methyl sites for hydroxylation is 1. The van der Waals surface area contributed by atoms with E-state index >= 15 is 0 Å². The van der Waals surface area contributed by atoms with Crippen molar-refractivity contribution in [3.05, 3.63) is 23.3 Å². The topological polar surface area (TPSA) is 78.9 Å². The van der Waals surface area contributed by atoms with Crippen LogP contribution in [0, 0.1) is 6.92 Å². The molecular formula is C13H17N3O2. The van der Waals surface area contributed by atoms with Gasteiger partial charge < -0.3 is 10.1 Å². The number of aromatic amines is 1. The number of carboxylic acid groups (broad SMARTS) is 1. The average molecular weight is 247 g/mol. The maximum atomic E-state index is 10.9. The summed E-state index contributed by atoms with van der Waals surface area (Å²) in [5.41, 5.74) is 2.19. The zero-order valence-electron chi connectivity index (χ0n) is 11.0. The molecule has 0 amide bonds. The van der Waals surface area contributed by atoms with E-state index in [2.05, 4.69) is 35.7 Å². The molecule has 0 aromatic carbocycles. The molecule has 0 bridgehead atoms. The zero-order chi connectivity index (χ0) is 13.5. The van der Waals surface area contributed by atoms with Gasteiger partial charge in [0.1, 0.15) is 11.5 Å². The Morgan fingerprint density at radius 3 is 2.61 bits per heavy atom. The van der Waals surface area contributed by atoms with Crippen LogP contribution >= 0.6 is 0 Å². The van der Waals surface area contributed by atoms with Gasteiger partial charge in [-0.15, -0.1) is 0 Å². The van der Waals surface area contributed by atoms with Gasteiger partial charge in [-0.1, -0.05) is 20.8 Å². The molecule has 0 aliphatic rings. The largest absolute Gasteiger partial charge is 0.481 e. The van der Waals surface area contributed by atoms with Crippen molar-refractivity contribution in [2.24, 2.45) is 0 Å². The fourth-order valence-corrected chi connectivity index (χ4v) is 2.05. The lowest BCUT2D eigenvalue weighted by Crippen LogP contribution is -2.16. The first kappa shape index (κ1) is 12.5. The number of carbonyl (C=O) groups is 1. The second-order valence-electron chi connectivity index (χ2n) is 5.48. The van der Waals surface area contributed by atoms with Crippen LogP contribution < -0.4 is 0 Å². The minimum absolute atomic E-state index is 0.0184. The molecule has 2 N–H and O–H groups in total. The number of hydrogen-bond acceptors (Lipinski definition) is 3. The maximum absolute atomic E-state index is 10.9. The molecule has 0 saturated heterocycles. The quantitative estimate of drug-likeness (QED) is 0.852. The predicted octanol–water partition coefficient (Wildman–Crippen LogP) is 2.19. The van der Waals surface area contributed by atoms with Crippen molar-refractivity contribution in [2.75, 3.05) is 0 Å². The summed E-state index contributed by atoms with van der Waals surface area (Å²) in [5, 5.41) is 9.78. The summed E-state index contributed by atoms with van der Waals surface area (Å²) in [6, 6.07) is 0. The van der Waals surface area contributed by atoms with E-state index in [4.69, 9.17) is 5.11 Å². The summed E-state index contributed by atoms with van der Waals surface area (Å²) in [7, 11) is 0. The van der Waals surface area contributed by atoms with Crippen molar-refractivity contribution in [3.63, 3.8) is 0 Å². The van der Waals surface area contributed by atoms with Gasteiger partial charge in [-0.05, 0) is 12.5 Å². The molecular weight excluding hydrogens is 230 g/mol. The lowest BCUT2D eigenvalue weighted by atomic mass is 9.88. The molecule has 0 fully saturated rings. The van der Waals surface area contributed by atoms with E-state index in [1.165, 1.54) is 0 Å². The van der Waals surface area contributed by atoms with Gasteiger partial charge in [0.2, 0.25) is 0 Å². The maximum Gasteiger partial charge on any atom is 0.307 e. The van der Waals surface area contributed by atoms with E-state index in [1.807, 2.05) is 6.92 Å². The van der Waals surface area contributed by atoms with Gasteiger partial charge >= 0.3 is 5.97 Å². The monoisotopic (exact) mass is 247 g/mol. The van der Waals surface area contributed by atoms with E-state index in [1.54, 1.807) is 6.20 Å². The molecule has 0 atom stereocenters. The smallest absolute Gasteiger partial charge is 0.307 e. The van der Waals surface area contributed by atoms with Crippen LogP contribution in [-0.2, 0) is 16.6 Å². The first-order valence-corrected chi connectivity index (χ1v) is 5.86. The van der Waals surface area contributed by atoms with Crippen LogP contribution in [0.15, 0.2) is 6.20 Å². The minimum atomic E-state index is -0.851. The highest BCUT2D eigenvalue weighted by Gasteiger charge is 2.23. The third kappa shape index (κ3) is 2.20. The lowest BCUT2D eigenvalue weighted by molar-refractivity contribution is -0.136. The number of H-pyrrole nitrogens is 1. The Kier molecular flexibility index (Phi) is 2.84. The molecule has 2 rings (SSSR count). The summed E-state index contributed by atoms with van der Waals surface area (Å²) >= 11 is 0. The normalized spacial score (nSPS) is 12.0. The second-order valence-corrected chi connectivity index (χ2v) is 5.48. The molecule has 0 spiro atoms. The molecule has 0 radical (unpaired) electrons. The summed E-state index contributed by atoms with van der Waals surface area (Å²) in [6.45, 7) is 8.02. The number of aromatic nitrogens is 3. The van der Waals surface area contributed by atoms with E-state index < -0.39 is 5.97 Å². The molecule has 5 heteroatoms. The highest BCUT2D eigenvalue weighted by Crippen LogP contribution is 2.30. The first-order valence-electron chi connectivity index (χ1n) is 5.86. The number of nitrogens with zero attached hydrogens (tertiary/aromatic N) is 2. The number of rotatable bonds is 2. The van der Waals surface area contributed by atoms with Gasteiger partial charge in [0.05, 0.1) is 12.1 Å². The highest BCUT2D eigenvalue weighted by atomic mass is 16.4. The minimum Gasteiger partial charge on any atom is -0.481 e. The van der Waals surface area contributed by atoms with Crippen molar-refractivity contribution >= 4 is 17.0 Å². The summed E-state index contributed by atoms with van der Waals surface area (Å²) in [4.78, 5) is 22.7. The highest BCUT2D eigenvalue weighted by molar-refractivity contribution is 5.87. The third-order valence-electron chi connectivity index (χ3n) is 2.78. The van der Waals surface area contributed by atoms with Gasteiger partial charge in [-0.2, -0.15) is 0 Å². The third-order valence-corrected chi connectivity index (χ3v) is 2.78. The van der Waals surface area contributed by atoms with E-state index in [9.17, 15) is 4.79 Å². The van der Waals surface area contributed by atoms with Crippen LogP contribution in [0.4, 0.5) is 0 Å². The molecule has 96 valence electrons. The molecule has 18 heavy (non-hydrogen) atoms. The molecule has 0 aliphatic carbocycles. The van der Waals surface area contributed by atoms with Gasteiger partial charge in [0.15, 0.2) is 0 Å². The van der Waals surface area contributed by atoms with Gasteiger partial charge in [-0.3, -0.25) is 4.79 Å². The van der Waals surface area contributed by atoms with Crippen LogP contribution in [0.3, 0.4) is 0 Å². The Bertz CT molecular complexity index is 608. The van der Waals surface area contributed by atoms with Crippen LogP contribution in [0.1, 0.15) is 37.9 Å². The van der Waals surface area contributed by atoms with Crippen molar-refractivity contribution < 1.29 is 9.90 Å². The predicted molar refractivity (Wildman–Crippen MR) is 68.7 cm³/mol. The number of fused-ring (bicyclic) bond motifs is 1. The van der Waals surface area contributed by atoms with E-state index in [-0.39, 0.29) is 11.8 Å². The molecule has 2 heterocycles. The second kappa shape index (κ2) is 4.08. The first-order chi connectivity index (χ1) is 8.29. The van der Waals surface area contributed by atoms with Crippen molar-refractivity contribution in [1.29, 1.82) is 0 Å². The molecule has 2 aromatic heterocycles. The molecule has 5 nitrogen and oxygen atoms in total. The van der Waals surface area contributed by atoms with Crippen LogP contribution in [-0.4, -0.2) is 26.0 Å². The standard InChI is InChI=1S/C13H17N3O2/c1-7-15-11(13(2,3)4)10-8(5-9(17)18)6-14-12(10)16-7/h6H,5H2,1-4H3,(H,17,18)(H,14,15,16). The SMILES string of the molecule is Cc1nc(C(C)(C)C)c2c(CC(=O)O)c[nH]c2n1. The Hall–Kier alpha value is -1.91.